The molecule has 0 radical (unpaired) electrons. The minimum Gasteiger partial charge on any atom is -0.490 e. The molecule has 0 saturated carbocycles. The lowest BCUT2D eigenvalue weighted by Crippen LogP contribution is -2.10. The van der Waals surface area contributed by atoms with Crippen LogP contribution in [0.5, 0.6) is 11.5 Å². The quantitative estimate of drug-likeness (QED) is 0.504. The van der Waals surface area contributed by atoms with E-state index in [1.807, 2.05) is 37.3 Å². The Labute approximate surface area is 140 Å². The molecule has 110 valence electrons. The summed E-state index contributed by atoms with van der Waals surface area (Å²) in [5.41, 5.74) is 1.44. The predicted molar refractivity (Wildman–Crippen MR) is 89.4 cm³/mol. The van der Waals surface area contributed by atoms with Crippen LogP contribution in [0, 0.1) is 6.92 Å². The van der Waals surface area contributed by atoms with Crippen LogP contribution in [0.1, 0.15) is 15.9 Å². The van der Waals surface area contributed by atoms with Gasteiger partial charge in [0.25, 0.3) is 0 Å². The highest BCUT2D eigenvalue weighted by Crippen LogP contribution is 2.27. The van der Waals surface area contributed by atoms with E-state index >= 15 is 0 Å². The van der Waals surface area contributed by atoms with Crippen molar-refractivity contribution in [2.45, 2.75) is 6.92 Å². The maximum Gasteiger partial charge on any atom is 0.153 e. The molecule has 0 aliphatic rings. The largest absolute Gasteiger partial charge is 0.490 e. The summed E-state index contributed by atoms with van der Waals surface area (Å²) < 4.78 is 13.1. The standard InChI is InChI=1S/C16H14Br2O3/c1-11-7-14(18)8-12(10-19)16(11)21-6-5-20-15-4-2-3-13(17)9-15/h2-4,7-10H,5-6H2,1H3. The van der Waals surface area contributed by atoms with E-state index in [2.05, 4.69) is 31.9 Å². The molecular formula is C16H14Br2O3. The van der Waals surface area contributed by atoms with Gasteiger partial charge in [0.1, 0.15) is 24.7 Å². The highest BCUT2D eigenvalue weighted by molar-refractivity contribution is 9.10. The highest BCUT2D eigenvalue weighted by Gasteiger charge is 2.08. The summed E-state index contributed by atoms with van der Waals surface area (Å²) in [6.07, 6.45) is 0.794. The normalized spacial score (nSPS) is 10.2. The van der Waals surface area contributed by atoms with Crippen LogP contribution in [-0.2, 0) is 0 Å². The number of halogens is 2. The monoisotopic (exact) mass is 412 g/mol. The Morgan fingerprint density at radius 3 is 2.52 bits per heavy atom. The van der Waals surface area contributed by atoms with Gasteiger partial charge in [-0.15, -0.1) is 0 Å². The average molecular weight is 414 g/mol. The van der Waals surface area contributed by atoms with Crippen LogP contribution in [0.2, 0.25) is 0 Å². The lowest BCUT2D eigenvalue weighted by molar-refractivity contribution is 0.111. The molecule has 0 N–H and O–H groups in total. The first-order chi connectivity index (χ1) is 10.1. The van der Waals surface area contributed by atoms with Crippen molar-refractivity contribution < 1.29 is 14.3 Å². The second-order valence-corrected chi connectivity index (χ2v) is 6.24. The minimum absolute atomic E-state index is 0.371. The molecule has 0 amide bonds. The third kappa shape index (κ3) is 4.58. The van der Waals surface area contributed by atoms with E-state index in [1.54, 1.807) is 6.07 Å². The zero-order valence-corrected chi connectivity index (χ0v) is 14.6. The molecule has 2 rings (SSSR count). The lowest BCUT2D eigenvalue weighted by Gasteiger charge is -2.12. The number of hydrogen-bond acceptors (Lipinski definition) is 3. The van der Waals surface area contributed by atoms with E-state index in [-0.39, 0.29) is 0 Å². The van der Waals surface area contributed by atoms with Gasteiger partial charge in [-0.1, -0.05) is 37.9 Å². The van der Waals surface area contributed by atoms with Crippen molar-refractivity contribution in [2.24, 2.45) is 0 Å². The fourth-order valence-corrected chi connectivity index (χ4v) is 2.87. The van der Waals surface area contributed by atoms with Crippen LogP contribution in [0.4, 0.5) is 0 Å². The number of aryl methyl sites for hydroxylation is 1. The molecule has 0 aliphatic heterocycles. The van der Waals surface area contributed by atoms with Crippen LogP contribution in [0.25, 0.3) is 0 Å². The van der Waals surface area contributed by atoms with Crippen molar-refractivity contribution >= 4 is 38.1 Å². The topological polar surface area (TPSA) is 35.5 Å². The highest BCUT2D eigenvalue weighted by atomic mass is 79.9. The van der Waals surface area contributed by atoms with Gasteiger partial charge in [0, 0.05) is 8.95 Å². The Morgan fingerprint density at radius 2 is 1.81 bits per heavy atom. The van der Waals surface area contributed by atoms with Crippen molar-refractivity contribution in [3.63, 3.8) is 0 Å². The first-order valence-electron chi connectivity index (χ1n) is 6.36. The number of carbonyl (C=O) groups is 1. The number of rotatable bonds is 6. The minimum atomic E-state index is 0.371. The molecule has 0 aromatic heterocycles. The summed E-state index contributed by atoms with van der Waals surface area (Å²) >= 11 is 6.75. The van der Waals surface area contributed by atoms with E-state index in [1.165, 1.54) is 0 Å². The zero-order valence-electron chi connectivity index (χ0n) is 11.4. The number of carbonyl (C=O) groups excluding carboxylic acids is 1. The van der Waals surface area contributed by atoms with E-state index in [0.29, 0.717) is 24.5 Å². The van der Waals surface area contributed by atoms with E-state index in [9.17, 15) is 4.79 Å². The molecule has 3 nitrogen and oxygen atoms in total. The Balaban J connectivity index is 1.93. The smallest absolute Gasteiger partial charge is 0.153 e. The van der Waals surface area contributed by atoms with Crippen LogP contribution in [-0.4, -0.2) is 19.5 Å². The van der Waals surface area contributed by atoms with Gasteiger partial charge in [-0.05, 0) is 42.8 Å². The molecule has 2 aromatic carbocycles. The Bertz CT molecular complexity index is 641. The predicted octanol–water partition coefficient (Wildman–Crippen LogP) is 4.79. The van der Waals surface area contributed by atoms with Crippen LogP contribution < -0.4 is 9.47 Å². The second-order valence-electron chi connectivity index (χ2n) is 4.41. The summed E-state index contributed by atoms with van der Waals surface area (Å²) in [6.45, 7) is 2.68. The van der Waals surface area contributed by atoms with E-state index in [0.717, 1.165) is 26.5 Å². The van der Waals surface area contributed by atoms with Gasteiger partial charge >= 0.3 is 0 Å². The molecule has 5 heteroatoms. The molecule has 0 atom stereocenters. The van der Waals surface area contributed by atoms with Gasteiger partial charge in [-0.25, -0.2) is 0 Å². The summed E-state index contributed by atoms with van der Waals surface area (Å²) in [6, 6.07) is 11.3. The van der Waals surface area contributed by atoms with Crippen LogP contribution in [0.3, 0.4) is 0 Å². The third-order valence-corrected chi connectivity index (χ3v) is 3.74. The fourth-order valence-electron chi connectivity index (χ4n) is 1.90. The molecule has 0 saturated heterocycles. The molecule has 0 heterocycles. The summed E-state index contributed by atoms with van der Waals surface area (Å²) in [5.74, 6) is 1.38. The van der Waals surface area contributed by atoms with Crippen molar-refractivity contribution in [3.05, 3.63) is 56.5 Å². The molecule has 0 spiro atoms. The van der Waals surface area contributed by atoms with Gasteiger partial charge in [-0.3, -0.25) is 4.79 Å². The fraction of sp³-hybridized carbons (Fsp3) is 0.188. The lowest BCUT2D eigenvalue weighted by atomic mass is 10.1. The van der Waals surface area contributed by atoms with Gasteiger partial charge in [0.2, 0.25) is 0 Å². The van der Waals surface area contributed by atoms with Crippen molar-refractivity contribution in [1.82, 2.24) is 0 Å². The van der Waals surface area contributed by atoms with E-state index < -0.39 is 0 Å². The molecule has 0 fully saturated rings. The first kappa shape index (κ1) is 16.0. The Hall–Kier alpha value is -1.33. The molecule has 0 bridgehead atoms. The Kier molecular flexibility index (Phi) is 5.82. The summed E-state index contributed by atoms with van der Waals surface area (Å²) in [7, 11) is 0. The first-order valence-corrected chi connectivity index (χ1v) is 7.95. The number of ether oxygens (including phenoxy) is 2. The van der Waals surface area contributed by atoms with E-state index in [4.69, 9.17) is 9.47 Å². The van der Waals surface area contributed by atoms with Crippen LogP contribution in [0.15, 0.2) is 45.3 Å². The molecule has 0 unspecified atom stereocenters. The van der Waals surface area contributed by atoms with Gasteiger partial charge in [0.15, 0.2) is 6.29 Å². The Morgan fingerprint density at radius 1 is 1.05 bits per heavy atom. The average Bonchev–Trinajstić information content (AvgIpc) is 2.44. The second kappa shape index (κ2) is 7.61. The maximum absolute atomic E-state index is 11.1. The molecule has 0 aliphatic carbocycles. The van der Waals surface area contributed by atoms with Crippen molar-refractivity contribution in [1.29, 1.82) is 0 Å². The molecule has 21 heavy (non-hydrogen) atoms. The molecular weight excluding hydrogens is 400 g/mol. The van der Waals surface area contributed by atoms with Gasteiger partial charge in [-0.2, -0.15) is 0 Å². The van der Waals surface area contributed by atoms with Gasteiger partial charge in [0.05, 0.1) is 5.56 Å². The number of hydrogen-bond donors (Lipinski definition) is 0. The van der Waals surface area contributed by atoms with Crippen molar-refractivity contribution in [3.8, 4) is 11.5 Å². The SMILES string of the molecule is Cc1cc(Br)cc(C=O)c1OCCOc1cccc(Br)c1. The summed E-state index contributed by atoms with van der Waals surface area (Å²) in [4.78, 5) is 11.1. The number of aldehydes is 1. The summed E-state index contributed by atoms with van der Waals surface area (Å²) in [5, 5.41) is 0. The van der Waals surface area contributed by atoms with Crippen LogP contribution >= 0.6 is 31.9 Å². The third-order valence-electron chi connectivity index (χ3n) is 2.79. The zero-order chi connectivity index (χ0) is 15.2. The number of benzene rings is 2. The van der Waals surface area contributed by atoms with Crippen molar-refractivity contribution in [2.75, 3.05) is 13.2 Å². The maximum atomic E-state index is 11.1. The molecule has 2 aromatic rings. The van der Waals surface area contributed by atoms with Gasteiger partial charge < -0.3 is 9.47 Å².